The number of urea groups is 1. The Morgan fingerprint density at radius 1 is 1.09 bits per heavy atom. The quantitative estimate of drug-likeness (QED) is 0.759. The molecule has 2 amide bonds. The molecule has 0 spiro atoms. The zero-order chi connectivity index (χ0) is 15.5. The summed E-state index contributed by atoms with van der Waals surface area (Å²) in [4.78, 5) is 16.4. The number of fused-ring (bicyclic) bond motifs is 1. The van der Waals surface area contributed by atoms with Crippen LogP contribution < -0.4 is 15.4 Å². The molecule has 0 unspecified atom stereocenters. The number of carbonyl (C=O) groups is 1. The molecule has 1 aromatic heterocycles. The molecule has 5 nitrogen and oxygen atoms in total. The second-order valence-corrected chi connectivity index (χ2v) is 5.96. The van der Waals surface area contributed by atoms with Gasteiger partial charge in [-0.2, -0.15) is 0 Å². The van der Waals surface area contributed by atoms with Crippen molar-refractivity contribution < 1.29 is 9.53 Å². The molecule has 0 aliphatic heterocycles. The molecular formula is C16H15N3O2S. The highest BCUT2D eigenvalue weighted by atomic mass is 32.1. The van der Waals surface area contributed by atoms with Gasteiger partial charge in [0.25, 0.3) is 0 Å². The van der Waals surface area contributed by atoms with Crippen molar-refractivity contribution in [1.29, 1.82) is 0 Å². The third-order valence-electron chi connectivity index (χ3n) is 3.10. The molecule has 1 heterocycles. The monoisotopic (exact) mass is 313 g/mol. The first-order chi connectivity index (χ1) is 10.6. The number of anilines is 2. The van der Waals surface area contributed by atoms with E-state index in [1.165, 1.54) is 0 Å². The third kappa shape index (κ3) is 3.17. The Kier molecular flexibility index (Phi) is 3.93. The summed E-state index contributed by atoms with van der Waals surface area (Å²) in [6, 6.07) is 12.6. The molecule has 6 heteroatoms. The number of hydrogen-bond donors (Lipinski definition) is 2. The van der Waals surface area contributed by atoms with E-state index in [1.807, 2.05) is 25.1 Å². The normalized spacial score (nSPS) is 10.5. The van der Waals surface area contributed by atoms with Crippen LogP contribution >= 0.6 is 11.3 Å². The van der Waals surface area contributed by atoms with E-state index in [2.05, 4.69) is 15.6 Å². The molecule has 2 N–H and O–H groups in total. The number of ether oxygens (including phenoxy) is 1. The van der Waals surface area contributed by atoms with Crippen molar-refractivity contribution >= 4 is 39.0 Å². The highest BCUT2D eigenvalue weighted by Crippen LogP contribution is 2.24. The van der Waals surface area contributed by atoms with E-state index >= 15 is 0 Å². The number of methoxy groups -OCH3 is 1. The minimum absolute atomic E-state index is 0.295. The SMILES string of the molecule is COc1ccc(NC(=O)Nc2ccc3sc(C)nc3c2)cc1. The molecule has 0 aliphatic rings. The Morgan fingerprint density at radius 3 is 2.50 bits per heavy atom. The minimum Gasteiger partial charge on any atom is -0.497 e. The number of nitrogens with one attached hydrogen (secondary N) is 2. The highest BCUT2D eigenvalue weighted by Gasteiger charge is 2.06. The maximum atomic E-state index is 12.0. The van der Waals surface area contributed by atoms with E-state index in [1.54, 1.807) is 42.7 Å². The molecule has 0 radical (unpaired) electrons. The predicted molar refractivity (Wildman–Crippen MR) is 90.0 cm³/mol. The number of amides is 2. The van der Waals surface area contributed by atoms with E-state index in [4.69, 9.17) is 4.74 Å². The molecular weight excluding hydrogens is 298 g/mol. The lowest BCUT2D eigenvalue weighted by Crippen LogP contribution is -2.19. The Hall–Kier alpha value is -2.60. The first-order valence-corrected chi connectivity index (χ1v) is 7.55. The van der Waals surface area contributed by atoms with E-state index in [0.29, 0.717) is 11.4 Å². The topological polar surface area (TPSA) is 63.2 Å². The lowest BCUT2D eigenvalue weighted by Gasteiger charge is -2.08. The molecule has 112 valence electrons. The van der Waals surface area contributed by atoms with Crippen LogP contribution in [0, 0.1) is 6.92 Å². The second kappa shape index (κ2) is 6.03. The van der Waals surface area contributed by atoms with Gasteiger partial charge < -0.3 is 15.4 Å². The Bertz CT molecular complexity index is 812. The lowest BCUT2D eigenvalue weighted by molar-refractivity contribution is 0.262. The average molecular weight is 313 g/mol. The summed E-state index contributed by atoms with van der Waals surface area (Å²) in [5.74, 6) is 0.746. The predicted octanol–water partition coefficient (Wildman–Crippen LogP) is 4.26. The highest BCUT2D eigenvalue weighted by molar-refractivity contribution is 7.18. The van der Waals surface area contributed by atoms with Gasteiger partial charge in [0.15, 0.2) is 0 Å². The Morgan fingerprint density at radius 2 is 1.77 bits per heavy atom. The van der Waals surface area contributed by atoms with Gasteiger partial charge in [0.05, 0.1) is 22.3 Å². The largest absolute Gasteiger partial charge is 0.497 e. The van der Waals surface area contributed by atoms with Gasteiger partial charge in [-0.3, -0.25) is 0 Å². The van der Waals surface area contributed by atoms with Crippen molar-refractivity contribution in [1.82, 2.24) is 4.98 Å². The van der Waals surface area contributed by atoms with Crippen molar-refractivity contribution in [2.75, 3.05) is 17.7 Å². The van der Waals surface area contributed by atoms with Crippen molar-refractivity contribution in [2.45, 2.75) is 6.92 Å². The summed E-state index contributed by atoms with van der Waals surface area (Å²) >= 11 is 1.63. The fraction of sp³-hybridized carbons (Fsp3) is 0.125. The molecule has 0 fully saturated rings. The maximum absolute atomic E-state index is 12.0. The molecule has 0 saturated carbocycles. The first kappa shape index (κ1) is 14.3. The van der Waals surface area contributed by atoms with E-state index in [9.17, 15) is 4.79 Å². The Labute approximate surface area is 131 Å². The summed E-state index contributed by atoms with van der Waals surface area (Å²) in [7, 11) is 1.60. The van der Waals surface area contributed by atoms with Gasteiger partial charge in [0.1, 0.15) is 5.75 Å². The zero-order valence-electron chi connectivity index (χ0n) is 12.2. The van der Waals surface area contributed by atoms with E-state index in [-0.39, 0.29) is 6.03 Å². The van der Waals surface area contributed by atoms with Crippen molar-refractivity contribution in [3.05, 3.63) is 47.5 Å². The third-order valence-corrected chi connectivity index (χ3v) is 4.05. The molecule has 0 atom stereocenters. The number of aromatic nitrogens is 1. The van der Waals surface area contributed by atoms with Gasteiger partial charge in [-0.1, -0.05) is 0 Å². The fourth-order valence-corrected chi connectivity index (χ4v) is 2.90. The smallest absolute Gasteiger partial charge is 0.323 e. The number of benzene rings is 2. The minimum atomic E-state index is -0.295. The number of carbonyl (C=O) groups excluding carboxylic acids is 1. The molecule has 2 aromatic carbocycles. The summed E-state index contributed by atoms with van der Waals surface area (Å²) in [5.41, 5.74) is 2.30. The average Bonchev–Trinajstić information content (AvgIpc) is 2.87. The standard InChI is InChI=1S/C16H15N3O2S/c1-10-17-14-9-12(5-8-15(14)22-10)19-16(20)18-11-3-6-13(21-2)7-4-11/h3-9H,1-2H3,(H2,18,19,20). The molecule has 0 aliphatic carbocycles. The molecule has 0 saturated heterocycles. The zero-order valence-corrected chi connectivity index (χ0v) is 13.0. The van der Waals surface area contributed by atoms with E-state index < -0.39 is 0 Å². The van der Waals surface area contributed by atoms with Gasteiger partial charge in [0, 0.05) is 11.4 Å². The van der Waals surface area contributed by atoms with Gasteiger partial charge in [-0.15, -0.1) is 11.3 Å². The van der Waals surface area contributed by atoms with Crippen LogP contribution in [-0.2, 0) is 0 Å². The maximum Gasteiger partial charge on any atom is 0.323 e. The molecule has 22 heavy (non-hydrogen) atoms. The van der Waals surface area contributed by atoms with Crippen LogP contribution in [0.2, 0.25) is 0 Å². The molecule has 0 bridgehead atoms. The Balaban J connectivity index is 1.69. The van der Waals surface area contributed by atoms with E-state index in [0.717, 1.165) is 21.0 Å². The summed E-state index contributed by atoms with van der Waals surface area (Å²) in [6.07, 6.45) is 0. The van der Waals surface area contributed by atoms with Crippen molar-refractivity contribution in [3.8, 4) is 5.75 Å². The number of nitrogens with zero attached hydrogens (tertiary/aromatic N) is 1. The van der Waals surface area contributed by atoms with Gasteiger partial charge in [-0.25, -0.2) is 9.78 Å². The number of aryl methyl sites for hydroxylation is 1. The number of hydrogen-bond acceptors (Lipinski definition) is 4. The van der Waals surface area contributed by atoms with Crippen LogP contribution in [-0.4, -0.2) is 18.1 Å². The number of rotatable bonds is 3. The van der Waals surface area contributed by atoms with Gasteiger partial charge >= 0.3 is 6.03 Å². The van der Waals surface area contributed by atoms with Gasteiger partial charge in [-0.05, 0) is 49.4 Å². The lowest BCUT2D eigenvalue weighted by atomic mass is 10.3. The van der Waals surface area contributed by atoms with Crippen LogP contribution in [0.25, 0.3) is 10.2 Å². The first-order valence-electron chi connectivity index (χ1n) is 6.73. The fourth-order valence-electron chi connectivity index (χ4n) is 2.09. The van der Waals surface area contributed by atoms with Crippen LogP contribution in [0.1, 0.15) is 5.01 Å². The van der Waals surface area contributed by atoms with Crippen LogP contribution in [0.5, 0.6) is 5.75 Å². The number of thiazole rings is 1. The van der Waals surface area contributed by atoms with Crippen LogP contribution in [0.3, 0.4) is 0 Å². The van der Waals surface area contributed by atoms with Crippen LogP contribution in [0.15, 0.2) is 42.5 Å². The molecule has 3 aromatic rings. The van der Waals surface area contributed by atoms with Crippen molar-refractivity contribution in [2.24, 2.45) is 0 Å². The van der Waals surface area contributed by atoms with Crippen molar-refractivity contribution in [3.63, 3.8) is 0 Å². The molecule has 3 rings (SSSR count). The van der Waals surface area contributed by atoms with Crippen LogP contribution in [0.4, 0.5) is 16.2 Å². The summed E-state index contributed by atoms with van der Waals surface area (Å²) in [5, 5.41) is 6.58. The summed E-state index contributed by atoms with van der Waals surface area (Å²) < 4.78 is 6.19. The summed E-state index contributed by atoms with van der Waals surface area (Å²) in [6.45, 7) is 1.97. The van der Waals surface area contributed by atoms with Gasteiger partial charge in [0.2, 0.25) is 0 Å². The second-order valence-electron chi connectivity index (χ2n) is 4.72.